The number of anilines is 4. The fourth-order valence-corrected chi connectivity index (χ4v) is 10.6. The Labute approximate surface area is 328 Å². The van der Waals surface area contributed by atoms with Crippen LogP contribution in [-0.4, -0.2) is 11.6 Å². The maximum atomic E-state index is 2.59. The highest BCUT2D eigenvalue weighted by Gasteiger charge is 2.39. The van der Waals surface area contributed by atoms with Gasteiger partial charge in [0.05, 0.1) is 0 Å². The summed E-state index contributed by atoms with van der Waals surface area (Å²) in [4.78, 5) is 5.15. The third kappa shape index (κ3) is 5.21. The molecule has 0 radical (unpaired) electrons. The molecular formula is C53H52N2. The number of aryl methyl sites for hydroxylation is 2. The second-order valence-corrected chi connectivity index (χ2v) is 18.3. The molecule has 1 unspecified atom stereocenters. The average Bonchev–Trinajstić information content (AvgIpc) is 3.54. The summed E-state index contributed by atoms with van der Waals surface area (Å²) in [6.45, 7) is 16.8. The summed E-state index contributed by atoms with van der Waals surface area (Å²) in [5.41, 5.74) is 21.7. The third-order valence-electron chi connectivity index (χ3n) is 13.7. The largest absolute Gasteiger partial charge is 0.338 e. The van der Waals surface area contributed by atoms with Crippen molar-refractivity contribution in [3.63, 3.8) is 0 Å². The van der Waals surface area contributed by atoms with E-state index in [9.17, 15) is 0 Å². The normalized spacial score (nSPS) is 19.4. The molecule has 0 bridgehead atoms. The maximum absolute atomic E-state index is 2.59. The van der Waals surface area contributed by atoms with Crippen molar-refractivity contribution < 1.29 is 0 Å². The topological polar surface area (TPSA) is 6.48 Å². The summed E-state index contributed by atoms with van der Waals surface area (Å²) < 4.78 is 0. The summed E-state index contributed by atoms with van der Waals surface area (Å²) in [6.07, 6.45) is 9.21. The molecule has 2 nitrogen and oxygen atoms in total. The lowest BCUT2D eigenvalue weighted by Crippen LogP contribution is -2.44. The molecule has 0 amide bonds. The van der Waals surface area contributed by atoms with Crippen molar-refractivity contribution in [3.8, 4) is 22.3 Å². The molecule has 0 N–H and O–H groups in total. The Kier molecular flexibility index (Phi) is 7.50. The van der Waals surface area contributed by atoms with Gasteiger partial charge in [0.25, 0.3) is 0 Å². The van der Waals surface area contributed by atoms with E-state index in [1.165, 1.54) is 95.9 Å². The first-order valence-corrected chi connectivity index (χ1v) is 20.4. The van der Waals surface area contributed by atoms with Gasteiger partial charge in [-0.15, -0.1) is 0 Å². The molecule has 0 saturated heterocycles. The molecular weight excluding hydrogens is 665 g/mol. The van der Waals surface area contributed by atoms with Gasteiger partial charge in [0.1, 0.15) is 0 Å². The van der Waals surface area contributed by atoms with E-state index < -0.39 is 0 Å². The molecule has 55 heavy (non-hydrogen) atoms. The molecule has 274 valence electrons. The van der Waals surface area contributed by atoms with Gasteiger partial charge in [-0.05, 0) is 150 Å². The number of para-hydroxylation sites is 2. The fourth-order valence-electron chi connectivity index (χ4n) is 10.6. The number of benzene rings is 6. The predicted octanol–water partition coefficient (Wildman–Crippen LogP) is 13.8. The molecule has 2 aliphatic heterocycles. The molecule has 0 spiro atoms. The molecule has 6 aromatic carbocycles. The minimum Gasteiger partial charge on any atom is -0.338 e. The molecule has 10 rings (SSSR count). The third-order valence-corrected chi connectivity index (χ3v) is 13.7. The first-order valence-electron chi connectivity index (χ1n) is 20.4. The molecule has 0 fully saturated rings. The summed E-state index contributed by atoms with van der Waals surface area (Å²) in [6, 6.07) is 46.9. The second-order valence-electron chi connectivity index (χ2n) is 18.3. The maximum Gasteiger partial charge on any atom is 0.0448 e. The van der Waals surface area contributed by atoms with Crippen LogP contribution in [0.5, 0.6) is 0 Å². The zero-order valence-corrected chi connectivity index (χ0v) is 33.5. The molecule has 0 saturated carbocycles. The van der Waals surface area contributed by atoms with Gasteiger partial charge in [-0.3, -0.25) is 0 Å². The van der Waals surface area contributed by atoms with Crippen LogP contribution >= 0.6 is 0 Å². The molecule has 1 atom stereocenters. The minimum absolute atomic E-state index is 0.0490. The lowest BCUT2D eigenvalue weighted by molar-refractivity contribution is 0.447. The van der Waals surface area contributed by atoms with Crippen molar-refractivity contribution in [2.45, 2.75) is 96.6 Å². The summed E-state index contributed by atoms with van der Waals surface area (Å²) in [5.74, 6) is 0. The molecule has 2 aliphatic carbocycles. The van der Waals surface area contributed by atoms with Crippen molar-refractivity contribution in [1.82, 2.24) is 0 Å². The van der Waals surface area contributed by atoms with E-state index in [4.69, 9.17) is 0 Å². The van der Waals surface area contributed by atoms with Gasteiger partial charge >= 0.3 is 0 Å². The smallest absolute Gasteiger partial charge is 0.0448 e. The van der Waals surface area contributed by atoms with E-state index in [2.05, 4.69) is 192 Å². The second kappa shape index (κ2) is 12.1. The van der Waals surface area contributed by atoms with Crippen LogP contribution in [0, 0.1) is 0 Å². The Bertz CT molecular complexity index is 2560. The number of rotatable bonds is 4. The lowest BCUT2D eigenvalue weighted by atomic mass is 9.81. The van der Waals surface area contributed by atoms with Crippen molar-refractivity contribution in [2.24, 2.45) is 0 Å². The van der Waals surface area contributed by atoms with Crippen LogP contribution in [0.15, 0.2) is 121 Å². The minimum atomic E-state index is -0.0970. The highest BCUT2D eigenvalue weighted by atomic mass is 15.2. The van der Waals surface area contributed by atoms with Crippen LogP contribution in [0.25, 0.3) is 34.4 Å². The molecule has 6 aromatic rings. The summed E-state index contributed by atoms with van der Waals surface area (Å²) >= 11 is 0. The van der Waals surface area contributed by atoms with Gasteiger partial charge in [0, 0.05) is 45.2 Å². The molecule has 2 heteroatoms. The van der Waals surface area contributed by atoms with Gasteiger partial charge in [-0.2, -0.15) is 0 Å². The average molecular weight is 717 g/mol. The standard InChI is InChI=1S/C53H52N2/c1-34-16-21-37-12-8-10-14-49(37)54(34)39-22-26-43-41-24-19-35(30-45(41)52(4,5)47(43)32-39)17-18-36-20-25-42-44-27-23-40(33-48(44)53(6,7)46(42)31-36)55-50-15-11-9-13-38(50)28-29-51(55,2)3/h8-15,17-20,22-27,30-34H,16,21,28-29H2,1-7H3/b18-17+. The van der Waals surface area contributed by atoms with Crippen LogP contribution in [0.2, 0.25) is 0 Å². The van der Waals surface area contributed by atoms with E-state index in [0.717, 1.165) is 19.3 Å². The fraction of sp³-hybridized carbons (Fsp3) is 0.283. The summed E-state index contributed by atoms with van der Waals surface area (Å²) in [7, 11) is 0. The zero-order chi connectivity index (χ0) is 37.9. The molecule has 4 aliphatic rings. The summed E-state index contributed by atoms with van der Waals surface area (Å²) in [5, 5.41) is 0. The monoisotopic (exact) mass is 716 g/mol. The van der Waals surface area contributed by atoms with E-state index in [1.54, 1.807) is 0 Å². The van der Waals surface area contributed by atoms with E-state index in [-0.39, 0.29) is 16.4 Å². The first-order chi connectivity index (χ1) is 26.4. The Balaban J connectivity index is 0.936. The van der Waals surface area contributed by atoms with Crippen LogP contribution < -0.4 is 9.80 Å². The lowest BCUT2D eigenvalue weighted by Gasteiger charge is -2.45. The Morgan fingerprint density at radius 1 is 0.509 bits per heavy atom. The Hall–Kier alpha value is -5.34. The number of hydrogen-bond acceptors (Lipinski definition) is 2. The van der Waals surface area contributed by atoms with Gasteiger partial charge in [0.15, 0.2) is 0 Å². The number of fused-ring (bicyclic) bond motifs is 8. The van der Waals surface area contributed by atoms with Crippen molar-refractivity contribution >= 4 is 34.9 Å². The van der Waals surface area contributed by atoms with Gasteiger partial charge in [0.2, 0.25) is 0 Å². The Morgan fingerprint density at radius 2 is 0.982 bits per heavy atom. The highest BCUT2D eigenvalue weighted by Crippen LogP contribution is 2.53. The molecule has 0 aromatic heterocycles. The van der Waals surface area contributed by atoms with Crippen molar-refractivity contribution in [2.75, 3.05) is 9.80 Å². The van der Waals surface area contributed by atoms with Crippen molar-refractivity contribution in [1.29, 1.82) is 0 Å². The van der Waals surface area contributed by atoms with E-state index >= 15 is 0 Å². The first kappa shape index (κ1) is 34.2. The van der Waals surface area contributed by atoms with Gasteiger partial charge in [-0.1, -0.05) is 125 Å². The van der Waals surface area contributed by atoms with Crippen LogP contribution in [-0.2, 0) is 23.7 Å². The number of nitrogens with zero attached hydrogens (tertiary/aromatic N) is 2. The van der Waals surface area contributed by atoms with Crippen LogP contribution in [0.1, 0.15) is 106 Å². The number of hydrogen-bond donors (Lipinski definition) is 0. The molecule has 2 heterocycles. The quantitative estimate of drug-likeness (QED) is 0.168. The van der Waals surface area contributed by atoms with E-state index in [0.29, 0.717) is 6.04 Å². The zero-order valence-electron chi connectivity index (χ0n) is 33.5. The van der Waals surface area contributed by atoms with Crippen molar-refractivity contribution in [3.05, 3.63) is 166 Å². The Morgan fingerprint density at radius 3 is 1.58 bits per heavy atom. The predicted molar refractivity (Wildman–Crippen MR) is 234 cm³/mol. The SMILES string of the molecule is CC1CCc2ccccc2N1c1ccc2c(c1)C(C)(C)c1cc(/C=C/c3ccc4c(c3)C(C)(C)c3cc(N5c6ccccc6CCC5(C)C)ccc3-4)ccc1-2. The van der Waals surface area contributed by atoms with Gasteiger partial charge < -0.3 is 9.80 Å². The highest BCUT2D eigenvalue weighted by molar-refractivity contribution is 5.87. The van der Waals surface area contributed by atoms with Crippen LogP contribution in [0.4, 0.5) is 22.7 Å². The van der Waals surface area contributed by atoms with Crippen LogP contribution in [0.3, 0.4) is 0 Å². The van der Waals surface area contributed by atoms with E-state index in [1.807, 2.05) is 0 Å². The van der Waals surface area contributed by atoms with Gasteiger partial charge in [-0.25, -0.2) is 0 Å².